The zero-order chi connectivity index (χ0) is 15.2. The first-order valence-corrected chi connectivity index (χ1v) is 6.86. The lowest BCUT2D eigenvalue weighted by Gasteiger charge is -2.24. The molecule has 2 aromatic carbocycles. The predicted molar refractivity (Wildman–Crippen MR) is 82.7 cm³/mol. The Balaban J connectivity index is 2.35. The molecule has 0 aliphatic carbocycles. The lowest BCUT2D eigenvalue weighted by Crippen LogP contribution is -2.20. The molecular weight excluding hydrogens is 266 g/mol. The number of para-hydroxylation sites is 1. The van der Waals surface area contributed by atoms with Gasteiger partial charge in [0.15, 0.2) is 0 Å². The number of ether oxygens (including phenoxy) is 2. The Hall–Kier alpha value is -2.04. The van der Waals surface area contributed by atoms with Gasteiger partial charge in [0, 0.05) is 18.0 Å². The molecule has 2 aromatic rings. The van der Waals surface area contributed by atoms with E-state index in [1.165, 1.54) is 0 Å². The van der Waals surface area contributed by atoms with Gasteiger partial charge in [0.25, 0.3) is 0 Å². The van der Waals surface area contributed by atoms with Crippen LogP contribution in [0, 0.1) is 0 Å². The number of hydrogen-bond acceptors (Lipinski definition) is 4. The summed E-state index contributed by atoms with van der Waals surface area (Å²) in [6.45, 7) is 0.318. The molecule has 0 amide bonds. The van der Waals surface area contributed by atoms with Crippen molar-refractivity contribution in [3.8, 4) is 11.5 Å². The molecule has 4 nitrogen and oxygen atoms in total. The largest absolute Gasteiger partial charge is 0.497 e. The van der Waals surface area contributed by atoms with Gasteiger partial charge in [0.05, 0.1) is 20.3 Å². The Morgan fingerprint density at radius 2 is 1.81 bits per heavy atom. The molecule has 4 heteroatoms. The van der Waals surface area contributed by atoms with Crippen LogP contribution in [-0.4, -0.2) is 25.9 Å². The average Bonchev–Trinajstić information content (AvgIpc) is 2.56. The van der Waals surface area contributed by atoms with Crippen molar-refractivity contribution in [2.75, 3.05) is 20.8 Å². The van der Waals surface area contributed by atoms with E-state index in [9.17, 15) is 5.11 Å². The monoisotopic (exact) mass is 287 g/mol. The fourth-order valence-electron chi connectivity index (χ4n) is 2.46. The zero-order valence-corrected chi connectivity index (χ0v) is 12.3. The standard InChI is InChI=1S/C17H21NO3/c1-20-13-7-5-6-12(10-13)17(19)15(11-18)14-8-3-4-9-16(14)21-2/h3-10,15,17,19H,11,18H2,1-2H3. The van der Waals surface area contributed by atoms with Crippen molar-refractivity contribution in [3.63, 3.8) is 0 Å². The molecule has 0 bridgehead atoms. The number of methoxy groups -OCH3 is 2. The van der Waals surface area contributed by atoms with E-state index in [0.717, 1.165) is 16.9 Å². The van der Waals surface area contributed by atoms with Crippen LogP contribution in [-0.2, 0) is 0 Å². The van der Waals surface area contributed by atoms with Crippen molar-refractivity contribution in [2.45, 2.75) is 12.0 Å². The van der Waals surface area contributed by atoms with Gasteiger partial charge in [-0.05, 0) is 23.8 Å². The summed E-state index contributed by atoms with van der Waals surface area (Å²) < 4.78 is 10.6. The third-order valence-corrected chi connectivity index (χ3v) is 3.61. The third kappa shape index (κ3) is 3.35. The molecule has 0 aromatic heterocycles. The fraction of sp³-hybridized carbons (Fsp3) is 0.294. The topological polar surface area (TPSA) is 64.7 Å². The van der Waals surface area contributed by atoms with Crippen LogP contribution in [0.15, 0.2) is 48.5 Å². The minimum Gasteiger partial charge on any atom is -0.497 e. The summed E-state index contributed by atoms with van der Waals surface area (Å²) in [7, 11) is 3.22. The fourth-order valence-corrected chi connectivity index (χ4v) is 2.46. The Morgan fingerprint density at radius 3 is 2.48 bits per heavy atom. The highest BCUT2D eigenvalue weighted by molar-refractivity contribution is 5.39. The molecule has 2 rings (SSSR count). The lowest BCUT2D eigenvalue weighted by atomic mass is 9.88. The van der Waals surface area contributed by atoms with Gasteiger partial charge in [-0.15, -0.1) is 0 Å². The van der Waals surface area contributed by atoms with Gasteiger partial charge in [-0.25, -0.2) is 0 Å². The highest BCUT2D eigenvalue weighted by Gasteiger charge is 2.24. The molecule has 2 unspecified atom stereocenters. The lowest BCUT2D eigenvalue weighted by molar-refractivity contribution is 0.145. The first-order chi connectivity index (χ1) is 10.2. The van der Waals surface area contributed by atoms with Crippen LogP contribution >= 0.6 is 0 Å². The summed E-state index contributed by atoms with van der Waals surface area (Å²) >= 11 is 0. The van der Waals surface area contributed by atoms with Gasteiger partial charge >= 0.3 is 0 Å². The van der Waals surface area contributed by atoms with Crippen molar-refractivity contribution < 1.29 is 14.6 Å². The molecule has 0 heterocycles. The van der Waals surface area contributed by atoms with Gasteiger partial charge in [-0.3, -0.25) is 0 Å². The Labute approximate surface area is 125 Å². The predicted octanol–water partition coefficient (Wildman–Crippen LogP) is 2.48. The van der Waals surface area contributed by atoms with Crippen molar-refractivity contribution in [3.05, 3.63) is 59.7 Å². The van der Waals surface area contributed by atoms with Gasteiger partial charge < -0.3 is 20.3 Å². The number of rotatable bonds is 6. The van der Waals surface area contributed by atoms with Crippen LogP contribution in [0.5, 0.6) is 11.5 Å². The summed E-state index contributed by atoms with van der Waals surface area (Å²) in [5, 5.41) is 10.7. The SMILES string of the molecule is COc1cccc(C(O)C(CN)c2ccccc2OC)c1. The van der Waals surface area contributed by atoms with Crippen LogP contribution in [0.1, 0.15) is 23.1 Å². The smallest absolute Gasteiger partial charge is 0.122 e. The molecule has 0 saturated carbocycles. The van der Waals surface area contributed by atoms with Gasteiger partial charge in [-0.2, -0.15) is 0 Å². The molecular formula is C17H21NO3. The normalized spacial score (nSPS) is 13.5. The summed E-state index contributed by atoms with van der Waals surface area (Å²) in [5.74, 6) is 1.20. The first-order valence-electron chi connectivity index (χ1n) is 6.86. The van der Waals surface area contributed by atoms with Gasteiger partial charge in [0.2, 0.25) is 0 Å². The maximum absolute atomic E-state index is 10.7. The maximum Gasteiger partial charge on any atom is 0.122 e. The van der Waals surface area contributed by atoms with Crippen LogP contribution < -0.4 is 15.2 Å². The van der Waals surface area contributed by atoms with E-state index >= 15 is 0 Å². The second-order valence-corrected chi connectivity index (χ2v) is 4.81. The maximum atomic E-state index is 10.7. The molecule has 0 aliphatic heterocycles. The minimum absolute atomic E-state index is 0.242. The van der Waals surface area contributed by atoms with Crippen LogP contribution in [0.2, 0.25) is 0 Å². The van der Waals surface area contributed by atoms with Crippen molar-refractivity contribution in [1.82, 2.24) is 0 Å². The molecule has 3 N–H and O–H groups in total. The van der Waals surface area contributed by atoms with E-state index in [-0.39, 0.29) is 5.92 Å². The molecule has 21 heavy (non-hydrogen) atoms. The second-order valence-electron chi connectivity index (χ2n) is 4.81. The zero-order valence-electron chi connectivity index (χ0n) is 12.3. The molecule has 0 radical (unpaired) electrons. The van der Waals surface area contributed by atoms with E-state index in [0.29, 0.717) is 12.3 Å². The first kappa shape index (κ1) is 15.4. The number of benzene rings is 2. The van der Waals surface area contributed by atoms with Crippen molar-refractivity contribution in [1.29, 1.82) is 0 Å². The van der Waals surface area contributed by atoms with Crippen molar-refractivity contribution in [2.24, 2.45) is 5.73 Å². The van der Waals surface area contributed by atoms with E-state index < -0.39 is 6.10 Å². The minimum atomic E-state index is -0.721. The summed E-state index contributed by atoms with van der Waals surface area (Å²) in [4.78, 5) is 0. The quantitative estimate of drug-likeness (QED) is 0.856. The Morgan fingerprint density at radius 1 is 1.05 bits per heavy atom. The number of aliphatic hydroxyl groups is 1. The number of nitrogens with two attached hydrogens (primary N) is 1. The molecule has 2 atom stereocenters. The molecule has 112 valence electrons. The Bertz CT molecular complexity index is 586. The molecule has 0 aliphatic rings. The highest BCUT2D eigenvalue weighted by Crippen LogP contribution is 2.36. The van der Waals surface area contributed by atoms with Crippen LogP contribution in [0.25, 0.3) is 0 Å². The number of aliphatic hydroxyl groups excluding tert-OH is 1. The summed E-state index contributed by atoms with van der Waals surface area (Å²) in [6, 6.07) is 15.0. The van der Waals surface area contributed by atoms with E-state index in [1.54, 1.807) is 14.2 Å². The molecule has 0 saturated heterocycles. The summed E-state index contributed by atoms with van der Waals surface area (Å²) in [5.41, 5.74) is 7.56. The van der Waals surface area contributed by atoms with E-state index in [1.807, 2.05) is 48.5 Å². The van der Waals surface area contributed by atoms with Crippen LogP contribution in [0.4, 0.5) is 0 Å². The second kappa shape index (κ2) is 7.11. The third-order valence-electron chi connectivity index (χ3n) is 3.61. The molecule has 0 fully saturated rings. The average molecular weight is 287 g/mol. The van der Waals surface area contributed by atoms with Gasteiger partial charge in [0.1, 0.15) is 11.5 Å². The highest BCUT2D eigenvalue weighted by atomic mass is 16.5. The Kier molecular flexibility index (Phi) is 5.20. The van der Waals surface area contributed by atoms with Gasteiger partial charge in [-0.1, -0.05) is 30.3 Å². The van der Waals surface area contributed by atoms with Crippen LogP contribution in [0.3, 0.4) is 0 Å². The van der Waals surface area contributed by atoms with E-state index in [2.05, 4.69) is 0 Å². The number of hydrogen-bond donors (Lipinski definition) is 2. The van der Waals surface area contributed by atoms with Crippen molar-refractivity contribution >= 4 is 0 Å². The van der Waals surface area contributed by atoms with E-state index in [4.69, 9.17) is 15.2 Å². The molecule has 0 spiro atoms. The summed E-state index contributed by atoms with van der Waals surface area (Å²) in [6.07, 6.45) is -0.721.